The minimum atomic E-state index is -2.02. The second kappa shape index (κ2) is 4.15. The van der Waals surface area contributed by atoms with Crippen molar-refractivity contribution < 1.29 is 19.1 Å². The van der Waals surface area contributed by atoms with Crippen molar-refractivity contribution in [2.75, 3.05) is 0 Å². The first-order valence-electron chi connectivity index (χ1n) is 3.18. The Kier molecular flexibility index (Phi) is 3.38. The topological polar surface area (TPSA) is 49.7 Å². The second-order valence-corrected chi connectivity index (χ2v) is 2.93. The Hall–Kier alpha value is -0.485. The fourth-order valence-electron chi connectivity index (χ4n) is 0.722. The molecule has 0 spiro atoms. The fourth-order valence-corrected chi connectivity index (χ4v) is 1.03. The van der Waals surface area contributed by atoms with Crippen LogP contribution in [0.5, 0.6) is 5.75 Å². The lowest BCUT2D eigenvalue weighted by atomic mass is 10.2. The Bertz CT molecular complexity index is 298. The zero-order chi connectivity index (χ0) is 10.0. The van der Waals surface area contributed by atoms with Crippen molar-refractivity contribution in [3.8, 4) is 5.75 Å². The molecule has 0 radical (unpaired) electrons. The van der Waals surface area contributed by atoms with Crippen LogP contribution in [0.15, 0.2) is 12.1 Å². The highest BCUT2D eigenvalue weighted by molar-refractivity contribution is 6.42. The van der Waals surface area contributed by atoms with Crippen LogP contribution in [0.4, 0.5) is 4.39 Å². The average Bonchev–Trinajstić information content (AvgIpc) is 1.98. The van der Waals surface area contributed by atoms with Gasteiger partial charge in [-0.05, 0) is 6.07 Å². The van der Waals surface area contributed by atoms with Crippen LogP contribution in [0.1, 0.15) is 0 Å². The molecule has 13 heavy (non-hydrogen) atoms. The molecule has 0 saturated heterocycles. The van der Waals surface area contributed by atoms with Gasteiger partial charge in [0.15, 0.2) is 0 Å². The maximum Gasteiger partial charge on any atom is 0.707 e. The average molecular weight is 225 g/mol. The van der Waals surface area contributed by atoms with E-state index in [1.165, 1.54) is 6.07 Å². The number of hydrogen-bond acceptors (Lipinski definition) is 3. The molecule has 0 unspecified atom stereocenters. The van der Waals surface area contributed by atoms with Crippen LogP contribution in [0.2, 0.25) is 10.0 Å². The van der Waals surface area contributed by atoms with E-state index in [9.17, 15) is 4.39 Å². The van der Waals surface area contributed by atoms with Crippen molar-refractivity contribution in [3.63, 3.8) is 0 Å². The summed E-state index contributed by atoms with van der Waals surface area (Å²) in [6, 6.07) is 2.07. The molecule has 1 rings (SSSR count). The van der Waals surface area contributed by atoms with Gasteiger partial charge < -0.3 is 14.7 Å². The maximum atomic E-state index is 12.8. The van der Waals surface area contributed by atoms with E-state index in [0.29, 0.717) is 0 Å². The van der Waals surface area contributed by atoms with Gasteiger partial charge in [0.1, 0.15) is 11.6 Å². The number of rotatable bonds is 2. The van der Waals surface area contributed by atoms with Crippen LogP contribution < -0.4 is 4.65 Å². The fraction of sp³-hybridized carbons (Fsp3) is 0. The number of benzene rings is 1. The smallest absolute Gasteiger partial charge is 0.512 e. The normalized spacial score (nSPS) is 9.92. The molecule has 0 bridgehead atoms. The van der Waals surface area contributed by atoms with E-state index in [4.69, 9.17) is 33.2 Å². The molecule has 7 heteroatoms. The van der Waals surface area contributed by atoms with Gasteiger partial charge in [-0.25, -0.2) is 4.39 Å². The minimum Gasteiger partial charge on any atom is -0.512 e. The van der Waals surface area contributed by atoms with Crippen molar-refractivity contribution in [2.45, 2.75) is 0 Å². The molecular weight excluding hydrogens is 221 g/mol. The van der Waals surface area contributed by atoms with E-state index < -0.39 is 13.1 Å². The van der Waals surface area contributed by atoms with E-state index in [1.807, 2.05) is 0 Å². The van der Waals surface area contributed by atoms with Gasteiger partial charge in [0.25, 0.3) is 0 Å². The Morgan fingerprint density at radius 3 is 2.38 bits per heavy atom. The summed E-state index contributed by atoms with van der Waals surface area (Å²) in [6.07, 6.45) is 0. The lowest BCUT2D eigenvalue weighted by Crippen LogP contribution is -2.20. The summed E-state index contributed by atoms with van der Waals surface area (Å²) in [5.41, 5.74) is 0. The van der Waals surface area contributed by atoms with Crippen molar-refractivity contribution in [3.05, 3.63) is 28.0 Å². The molecular formula is C6H4BCl2FO3. The van der Waals surface area contributed by atoms with Gasteiger partial charge in [-0.1, -0.05) is 23.2 Å². The van der Waals surface area contributed by atoms with Crippen LogP contribution in [0, 0.1) is 5.82 Å². The summed E-state index contributed by atoms with van der Waals surface area (Å²) < 4.78 is 17.2. The Morgan fingerprint density at radius 1 is 1.31 bits per heavy atom. The maximum absolute atomic E-state index is 12.8. The van der Waals surface area contributed by atoms with Gasteiger partial charge in [0.2, 0.25) is 0 Å². The second-order valence-electron chi connectivity index (χ2n) is 2.15. The zero-order valence-electron chi connectivity index (χ0n) is 6.17. The largest absolute Gasteiger partial charge is 0.707 e. The molecule has 0 aromatic heterocycles. The summed E-state index contributed by atoms with van der Waals surface area (Å²) >= 11 is 10.9. The van der Waals surface area contributed by atoms with E-state index in [1.54, 1.807) is 0 Å². The summed E-state index contributed by atoms with van der Waals surface area (Å²) in [7, 11) is -2.02. The molecule has 0 atom stereocenters. The molecule has 0 aliphatic carbocycles. The van der Waals surface area contributed by atoms with E-state index >= 15 is 0 Å². The SMILES string of the molecule is OB(O)Oc1cc(F)c(Cl)c(Cl)c1. The molecule has 3 nitrogen and oxygen atoms in total. The summed E-state index contributed by atoms with van der Waals surface area (Å²) in [6.45, 7) is 0. The summed E-state index contributed by atoms with van der Waals surface area (Å²) in [4.78, 5) is 0. The van der Waals surface area contributed by atoms with Crippen molar-refractivity contribution in [1.29, 1.82) is 0 Å². The van der Waals surface area contributed by atoms with Gasteiger partial charge in [0, 0.05) is 6.07 Å². The minimum absolute atomic E-state index is 0.0580. The molecule has 0 amide bonds. The van der Waals surface area contributed by atoms with Crippen LogP contribution >= 0.6 is 23.2 Å². The molecule has 0 aliphatic rings. The van der Waals surface area contributed by atoms with E-state index in [2.05, 4.69) is 4.65 Å². The highest BCUT2D eigenvalue weighted by Gasteiger charge is 2.14. The van der Waals surface area contributed by atoms with Crippen LogP contribution in [-0.4, -0.2) is 17.4 Å². The third-order valence-electron chi connectivity index (χ3n) is 1.20. The first-order valence-corrected chi connectivity index (χ1v) is 3.93. The standard InChI is InChI=1S/C6H4BCl2FO3/c8-4-1-3(13-7(11)12)2-5(10)6(4)9/h1-2,11-12H. The van der Waals surface area contributed by atoms with Crippen molar-refractivity contribution >= 4 is 30.5 Å². The third-order valence-corrected chi connectivity index (χ3v) is 1.98. The van der Waals surface area contributed by atoms with Crippen LogP contribution in [0.25, 0.3) is 0 Å². The lowest BCUT2D eigenvalue weighted by molar-refractivity contribution is 0.287. The van der Waals surface area contributed by atoms with Crippen molar-refractivity contribution in [1.82, 2.24) is 0 Å². The van der Waals surface area contributed by atoms with Crippen molar-refractivity contribution in [2.24, 2.45) is 0 Å². The molecule has 0 heterocycles. The summed E-state index contributed by atoms with van der Waals surface area (Å²) in [5, 5.41) is 16.5. The van der Waals surface area contributed by atoms with Gasteiger partial charge in [0.05, 0.1) is 10.0 Å². The van der Waals surface area contributed by atoms with Gasteiger partial charge >= 0.3 is 7.32 Å². The van der Waals surface area contributed by atoms with E-state index in [-0.39, 0.29) is 15.8 Å². The Morgan fingerprint density at radius 2 is 1.92 bits per heavy atom. The van der Waals surface area contributed by atoms with Crippen LogP contribution in [0.3, 0.4) is 0 Å². The number of halogens is 3. The predicted octanol–water partition coefficient (Wildman–Crippen LogP) is 1.48. The monoisotopic (exact) mass is 224 g/mol. The Labute approximate surface area is 83.8 Å². The lowest BCUT2D eigenvalue weighted by Gasteiger charge is -2.06. The predicted molar refractivity (Wildman–Crippen MR) is 47.2 cm³/mol. The highest BCUT2D eigenvalue weighted by Crippen LogP contribution is 2.29. The van der Waals surface area contributed by atoms with Crippen LogP contribution in [-0.2, 0) is 0 Å². The van der Waals surface area contributed by atoms with Gasteiger partial charge in [-0.15, -0.1) is 0 Å². The zero-order valence-corrected chi connectivity index (χ0v) is 7.68. The quantitative estimate of drug-likeness (QED) is 0.591. The third kappa shape index (κ3) is 2.74. The molecule has 0 saturated carbocycles. The first kappa shape index (κ1) is 10.6. The molecule has 1 aromatic carbocycles. The van der Waals surface area contributed by atoms with Gasteiger partial charge in [-0.2, -0.15) is 0 Å². The molecule has 2 N–H and O–H groups in total. The van der Waals surface area contributed by atoms with Gasteiger partial charge in [-0.3, -0.25) is 0 Å². The highest BCUT2D eigenvalue weighted by atomic mass is 35.5. The molecule has 0 fully saturated rings. The molecule has 0 aliphatic heterocycles. The first-order chi connectivity index (χ1) is 6.00. The molecule has 70 valence electrons. The summed E-state index contributed by atoms with van der Waals surface area (Å²) in [5.74, 6) is -0.897. The number of hydrogen-bond donors (Lipinski definition) is 2. The Balaban J connectivity index is 2.99. The van der Waals surface area contributed by atoms with E-state index in [0.717, 1.165) is 6.07 Å². The molecule has 1 aromatic rings.